The van der Waals surface area contributed by atoms with Gasteiger partial charge in [-0.25, -0.2) is 9.37 Å². The van der Waals surface area contributed by atoms with Crippen LogP contribution < -0.4 is 11.1 Å². The summed E-state index contributed by atoms with van der Waals surface area (Å²) in [6, 6.07) is 16.1. The van der Waals surface area contributed by atoms with Crippen LogP contribution in [-0.4, -0.2) is 9.97 Å². The van der Waals surface area contributed by atoms with Crippen LogP contribution >= 0.6 is 11.3 Å². The Morgan fingerprint density at radius 2 is 1.84 bits per heavy atom. The first-order valence-electron chi connectivity index (χ1n) is 13.7. The maximum Gasteiger partial charge on any atom is 0.138 e. The number of allylic oxidation sites excluding steroid dienone is 9. The molecule has 218 valence electrons. The van der Waals surface area contributed by atoms with Crippen LogP contribution in [0.1, 0.15) is 25.1 Å². The van der Waals surface area contributed by atoms with Crippen molar-refractivity contribution in [3.05, 3.63) is 160 Å². The smallest absolute Gasteiger partial charge is 0.138 e. The molecule has 0 fully saturated rings. The van der Waals surface area contributed by atoms with Crippen LogP contribution in [0.2, 0.25) is 0 Å². The number of thiophene rings is 1. The number of benzene rings is 1. The van der Waals surface area contributed by atoms with E-state index in [0.717, 1.165) is 39.1 Å². The van der Waals surface area contributed by atoms with Gasteiger partial charge in [-0.15, -0.1) is 12.8 Å². The molecule has 0 amide bonds. The third-order valence-corrected chi connectivity index (χ3v) is 7.43. The second-order valence-corrected chi connectivity index (χ2v) is 10.3. The topological polar surface area (TPSA) is 66.7 Å². The quantitative estimate of drug-likeness (QED) is 0.114. The lowest BCUT2D eigenvalue weighted by molar-refractivity contribution is 0.639. The molecule has 0 spiro atoms. The van der Waals surface area contributed by atoms with Gasteiger partial charge >= 0.3 is 0 Å². The molecule has 0 bridgehead atoms. The third-order valence-electron chi connectivity index (χ3n) is 6.75. The Morgan fingerprint density at radius 3 is 2.47 bits per heavy atom. The van der Waals surface area contributed by atoms with E-state index in [4.69, 9.17) is 5.73 Å². The fourth-order valence-corrected chi connectivity index (χ4v) is 5.23. The summed E-state index contributed by atoms with van der Waals surface area (Å²) in [7, 11) is 0. The lowest BCUT2D eigenvalue weighted by Gasteiger charge is -2.15. The van der Waals surface area contributed by atoms with Crippen molar-refractivity contribution in [2.24, 2.45) is 5.73 Å². The van der Waals surface area contributed by atoms with Gasteiger partial charge in [0.05, 0.1) is 0 Å². The van der Waals surface area contributed by atoms with E-state index in [9.17, 15) is 0 Å². The van der Waals surface area contributed by atoms with Crippen molar-refractivity contribution in [3.8, 4) is 24.0 Å². The van der Waals surface area contributed by atoms with E-state index in [1.54, 1.807) is 36.6 Å². The number of aromatic amines is 1. The Kier molecular flexibility index (Phi) is 11.9. The molecule has 6 heteroatoms. The second-order valence-electron chi connectivity index (χ2n) is 9.56. The average molecular weight is 589 g/mol. The molecule has 4 N–H and O–H groups in total. The summed E-state index contributed by atoms with van der Waals surface area (Å²) >= 11 is 1.64. The highest BCUT2D eigenvalue weighted by Crippen LogP contribution is 2.32. The van der Waals surface area contributed by atoms with E-state index in [1.807, 2.05) is 66.9 Å². The van der Waals surface area contributed by atoms with Crippen molar-refractivity contribution in [2.45, 2.75) is 26.7 Å². The molecule has 4 aromatic rings. The zero-order valence-electron chi connectivity index (χ0n) is 24.7. The first-order valence-corrected chi connectivity index (χ1v) is 14.6. The highest BCUT2D eigenvalue weighted by Gasteiger charge is 2.18. The molecule has 3 heterocycles. The maximum atomic E-state index is 16.2. The van der Waals surface area contributed by atoms with E-state index in [-0.39, 0.29) is 12.0 Å². The van der Waals surface area contributed by atoms with E-state index in [0.29, 0.717) is 29.0 Å². The molecule has 0 saturated heterocycles. The van der Waals surface area contributed by atoms with Gasteiger partial charge in [-0.05, 0) is 77.2 Å². The molecule has 0 atom stereocenters. The molecule has 43 heavy (non-hydrogen) atoms. The lowest BCUT2D eigenvalue weighted by atomic mass is 9.97. The summed E-state index contributed by atoms with van der Waals surface area (Å²) in [5.41, 5.74) is 14.3. The second kappa shape index (κ2) is 15.8. The number of rotatable bonds is 12. The van der Waals surface area contributed by atoms with Crippen molar-refractivity contribution < 1.29 is 4.39 Å². The zero-order chi connectivity index (χ0) is 31.4. The minimum Gasteiger partial charge on any atom is -0.399 e. The molecule has 4 rings (SSSR count). The number of fused-ring (bicyclic) bond motifs is 1. The van der Waals surface area contributed by atoms with Crippen LogP contribution in [0.15, 0.2) is 149 Å². The van der Waals surface area contributed by atoms with Gasteiger partial charge in [0, 0.05) is 58.4 Å². The molecule has 0 aliphatic heterocycles. The van der Waals surface area contributed by atoms with E-state index < -0.39 is 5.83 Å². The molecule has 0 saturated carbocycles. The number of H-pyrrole nitrogens is 1. The van der Waals surface area contributed by atoms with Crippen LogP contribution in [0.5, 0.6) is 0 Å². The largest absolute Gasteiger partial charge is 0.399 e. The Bertz CT molecular complexity index is 1730. The van der Waals surface area contributed by atoms with Gasteiger partial charge in [0.2, 0.25) is 0 Å². The normalized spacial score (nSPS) is 12.6. The predicted molar refractivity (Wildman–Crippen MR) is 183 cm³/mol. The third kappa shape index (κ3) is 8.22. The first-order chi connectivity index (χ1) is 20.8. The molecule has 0 aliphatic rings. The molecule has 1 aromatic carbocycles. The summed E-state index contributed by atoms with van der Waals surface area (Å²) in [6.07, 6.45) is 17.7. The summed E-state index contributed by atoms with van der Waals surface area (Å²) in [4.78, 5) is 7.84. The fraction of sp³-hybridized carbons (Fsp3) is 0.108. The van der Waals surface area contributed by atoms with Gasteiger partial charge in [-0.2, -0.15) is 11.3 Å². The van der Waals surface area contributed by atoms with Crippen molar-refractivity contribution in [1.29, 1.82) is 0 Å². The standard InChI is InChI=1S/C35H35FN4S.C2H2/c1-6-26(19-28(7-2)39-23(4)18-25-12-10-9-11-13-25)24(5)34(36)32(33(37)8-3)21-29-20-31-30(27-15-17-41-22-27)14-16-38-35(31)40-29;1-2/h6-17,19-20,22,39H,2,4-5,18,21,37H2,1,3H3,(H,38,40);1-2H/b26-6+,28-19+,33-8+,34-32+;. The summed E-state index contributed by atoms with van der Waals surface area (Å²) in [5.74, 6) is -0.471. The number of terminal acetylenes is 1. The fourth-order valence-electron chi connectivity index (χ4n) is 4.57. The van der Waals surface area contributed by atoms with Gasteiger partial charge < -0.3 is 16.0 Å². The number of hydrogen-bond donors (Lipinski definition) is 3. The molecule has 0 aliphatic carbocycles. The van der Waals surface area contributed by atoms with Crippen molar-refractivity contribution >= 4 is 22.4 Å². The van der Waals surface area contributed by atoms with Crippen LogP contribution in [0.4, 0.5) is 4.39 Å². The number of hydrogen-bond acceptors (Lipinski definition) is 4. The number of halogens is 1. The number of nitrogens with one attached hydrogen (secondary N) is 2. The van der Waals surface area contributed by atoms with Crippen LogP contribution in [0.3, 0.4) is 0 Å². The first kappa shape index (κ1) is 32.4. The van der Waals surface area contributed by atoms with Crippen molar-refractivity contribution in [3.63, 3.8) is 0 Å². The van der Waals surface area contributed by atoms with Crippen LogP contribution in [-0.2, 0) is 12.8 Å². The molecule has 4 nitrogen and oxygen atoms in total. The van der Waals surface area contributed by atoms with Gasteiger partial charge in [0.15, 0.2) is 0 Å². The minimum absolute atomic E-state index is 0.232. The van der Waals surface area contributed by atoms with Crippen molar-refractivity contribution in [2.75, 3.05) is 0 Å². The lowest BCUT2D eigenvalue weighted by Crippen LogP contribution is -2.13. The summed E-state index contributed by atoms with van der Waals surface area (Å²) in [5, 5.41) is 8.41. The van der Waals surface area contributed by atoms with Gasteiger partial charge in [-0.3, -0.25) is 0 Å². The Balaban J connectivity index is 0.00000248. The molecular formula is C37H37FN4S. The van der Waals surface area contributed by atoms with Gasteiger partial charge in [0.1, 0.15) is 11.5 Å². The molecule has 0 radical (unpaired) electrons. The van der Waals surface area contributed by atoms with Crippen molar-refractivity contribution in [1.82, 2.24) is 15.3 Å². The number of nitrogens with zero attached hydrogens (tertiary/aromatic N) is 1. The summed E-state index contributed by atoms with van der Waals surface area (Å²) in [6.45, 7) is 15.8. The van der Waals surface area contributed by atoms with E-state index in [2.05, 4.69) is 59.3 Å². The molecule has 0 unspecified atom stereocenters. The maximum absolute atomic E-state index is 16.2. The number of nitrogens with two attached hydrogens (primary N) is 1. The van der Waals surface area contributed by atoms with Crippen LogP contribution in [0, 0.1) is 12.8 Å². The Hall–Kier alpha value is -5.12. The van der Waals surface area contributed by atoms with Gasteiger partial charge in [0.25, 0.3) is 0 Å². The van der Waals surface area contributed by atoms with Gasteiger partial charge in [-0.1, -0.05) is 62.2 Å². The van der Waals surface area contributed by atoms with Crippen LogP contribution in [0.25, 0.3) is 22.2 Å². The number of pyridine rings is 1. The monoisotopic (exact) mass is 588 g/mol. The summed E-state index contributed by atoms with van der Waals surface area (Å²) < 4.78 is 16.2. The Labute approximate surface area is 258 Å². The Morgan fingerprint density at radius 1 is 1.09 bits per heavy atom. The highest BCUT2D eigenvalue weighted by atomic mass is 32.1. The van der Waals surface area contributed by atoms with E-state index in [1.165, 1.54) is 0 Å². The minimum atomic E-state index is -0.471. The zero-order valence-corrected chi connectivity index (χ0v) is 25.5. The molecule has 3 aromatic heterocycles. The number of aromatic nitrogens is 2. The average Bonchev–Trinajstić information content (AvgIpc) is 3.72. The SMILES string of the molecule is C#C.C=C/C(=C\C(=C/C)C(=C)/C(F)=C(Cc1cc2c(-c3ccsc3)ccnc2[nH]1)\C(N)=C/C)NC(=C)Cc1ccccc1. The predicted octanol–water partition coefficient (Wildman–Crippen LogP) is 9.09. The van der Waals surface area contributed by atoms with E-state index >= 15 is 4.39 Å². The molecular weight excluding hydrogens is 552 g/mol. The highest BCUT2D eigenvalue weighted by molar-refractivity contribution is 7.08.